The van der Waals surface area contributed by atoms with Crippen molar-refractivity contribution in [3.05, 3.63) is 29.9 Å². The summed E-state index contributed by atoms with van der Waals surface area (Å²) >= 11 is 0. The molecule has 0 unspecified atom stereocenters. The molecular weight excluding hydrogens is 282 g/mol. The van der Waals surface area contributed by atoms with Crippen LogP contribution in [-0.4, -0.2) is 39.9 Å². The van der Waals surface area contributed by atoms with Crippen molar-refractivity contribution in [2.45, 2.75) is 39.2 Å². The van der Waals surface area contributed by atoms with Crippen LogP contribution in [-0.2, 0) is 11.2 Å². The van der Waals surface area contributed by atoms with Crippen LogP contribution in [0.2, 0.25) is 0 Å². The molecule has 3 rings (SSSR count). The molecule has 0 radical (unpaired) electrons. The number of anilines is 1. The van der Waals surface area contributed by atoms with Gasteiger partial charge in [0.15, 0.2) is 6.10 Å². The lowest BCUT2D eigenvalue weighted by atomic mass is 10.2. The Bertz CT molecular complexity index is 628. The van der Waals surface area contributed by atoms with Crippen molar-refractivity contribution in [3.8, 4) is 0 Å². The van der Waals surface area contributed by atoms with E-state index in [9.17, 15) is 0 Å². The highest BCUT2D eigenvalue weighted by molar-refractivity contribution is 5.38. The maximum Gasteiger partial charge on any atom is 0.247 e. The average Bonchev–Trinajstić information content (AvgIpc) is 3.04. The second-order valence-electron chi connectivity index (χ2n) is 5.62. The highest BCUT2D eigenvalue weighted by atomic mass is 16.5. The van der Waals surface area contributed by atoms with Crippen LogP contribution in [0.25, 0.3) is 0 Å². The average molecular weight is 303 g/mol. The van der Waals surface area contributed by atoms with Crippen molar-refractivity contribution in [1.82, 2.24) is 20.2 Å². The summed E-state index contributed by atoms with van der Waals surface area (Å²) < 4.78 is 11.4. The number of aromatic nitrogens is 4. The number of nitrogens with zero attached hydrogens (tertiary/aromatic N) is 5. The first-order chi connectivity index (χ1) is 10.7. The van der Waals surface area contributed by atoms with Crippen molar-refractivity contribution in [2.75, 3.05) is 24.6 Å². The second-order valence-corrected chi connectivity index (χ2v) is 5.62. The fraction of sp³-hybridized carbons (Fsp3) is 0.600. The van der Waals surface area contributed by atoms with Crippen molar-refractivity contribution in [1.29, 1.82) is 0 Å². The summed E-state index contributed by atoms with van der Waals surface area (Å²) in [7, 11) is 0. The Morgan fingerprint density at radius 2 is 2.23 bits per heavy atom. The van der Waals surface area contributed by atoms with Crippen molar-refractivity contribution in [3.63, 3.8) is 0 Å². The van der Waals surface area contributed by atoms with Gasteiger partial charge in [0.05, 0.1) is 13.2 Å². The minimum Gasteiger partial charge on any atom is -0.422 e. The molecule has 0 saturated carbocycles. The van der Waals surface area contributed by atoms with Crippen molar-refractivity contribution < 1.29 is 9.15 Å². The molecule has 118 valence electrons. The van der Waals surface area contributed by atoms with Gasteiger partial charge in [-0.1, -0.05) is 20.8 Å². The van der Waals surface area contributed by atoms with E-state index in [4.69, 9.17) is 9.15 Å². The Balaban J connectivity index is 1.76. The SMILES string of the molecule is CCc1nnc([C@@H]2CN(c3ccnc(C(C)C)n3)CCO2)o1. The molecule has 2 aromatic rings. The topological polar surface area (TPSA) is 77.2 Å². The van der Waals surface area contributed by atoms with Crippen molar-refractivity contribution in [2.24, 2.45) is 0 Å². The molecule has 0 N–H and O–H groups in total. The molecule has 0 amide bonds. The molecule has 7 heteroatoms. The van der Waals surface area contributed by atoms with E-state index in [1.165, 1.54) is 0 Å². The third-order valence-electron chi connectivity index (χ3n) is 3.63. The third-order valence-corrected chi connectivity index (χ3v) is 3.63. The highest BCUT2D eigenvalue weighted by Gasteiger charge is 2.27. The largest absolute Gasteiger partial charge is 0.422 e. The van der Waals surface area contributed by atoms with Crippen LogP contribution in [0.4, 0.5) is 5.82 Å². The van der Waals surface area contributed by atoms with E-state index >= 15 is 0 Å². The molecule has 2 aromatic heterocycles. The number of aryl methyl sites for hydroxylation is 1. The molecule has 1 aliphatic heterocycles. The van der Waals surface area contributed by atoms with Crippen LogP contribution in [0.3, 0.4) is 0 Å². The molecule has 1 atom stereocenters. The monoisotopic (exact) mass is 303 g/mol. The first kappa shape index (κ1) is 14.9. The van der Waals surface area contributed by atoms with Gasteiger partial charge in [0.25, 0.3) is 0 Å². The Morgan fingerprint density at radius 1 is 1.36 bits per heavy atom. The zero-order valence-corrected chi connectivity index (χ0v) is 13.2. The molecular formula is C15H21N5O2. The molecule has 7 nitrogen and oxygen atoms in total. The van der Waals surface area contributed by atoms with Crippen LogP contribution in [0.15, 0.2) is 16.7 Å². The standard InChI is InChI=1S/C15H21N5O2/c1-4-13-18-19-15(22-13)11-9-20(7-8-21-11)12-5-6-16-14(17-12)10(2)3/h5-6,10-11H,4,7-9H2,1-3H3/t11-/m0/s1. The van der Waals surface area contributed by atoms with Crippen molar-refractivity contribution >= 4 is 5.82 Å². The van der Waals surface area contributed by atoms with Gasteiger partial charge in [0.1, 0.15) is 11.6 Å². The highest BCUT2D eigenvalue weighted by Crippen LogP contribution is 2.25. The molecule has 1 fully saturated rings. The van der Waals surface area contributed by atoms with Gasteiger partial charge in [0, 0.05) is 25.1 Å². The lowest BCUT2D eigenvalue weighted by Gasteiger charge is -2.32. The van der Waals surface area contributed by atoms with Crippen LogP contribution in [0, 0.1) is 0 Å². The maximum absolute atomic E-state index is 5.77. The van der Waals surface area contributed by atoms with E-state index in [0.29, 0.717) is 30.9 Å². The van der Waals surface area contributed by atoms with Crippen LogP contribution in [0.1, 0.15) is 50.4 Å². The Kier molecular flexibility index (Phi) is 4.33. The molecule has 22 heavy (non-hydrogen) atoms. The van der Waals surface area contributed by atoms with Gasteiger partial charge >= 0.3 is 0 Å². The first-order valence-corrected chi connectivity index (χ1v) is 7.69. The van der Waals surface area contributed by atoms with Gasteiger partial charge in [-0.05, 0) is 6.07 Å². The summed E-state index contributed by atoms with van der Waals surface area (Å²) in [6.07, 6.45) is 2.33. The van der Waals surface area contributed by atoms with Gasteiger partial charge in [-0.2, -0.15) is 0 Å². The molecule has 0 aromatic carbocycles. The van der Waals surface area contributed by atoms with E-state index in [1.807, 2.05) is 19.2 Å². The second kappa shape index (κ2) is 6.39. The lowest BCUT2D eigenvalue weighted by Crippen LogP contribution is -2.39. The third kappa shape index (κ3) is 3.09. The van der Waals surface area contributed by atoms with E-state index in [1.54, 1.807) is 0 Å². The predicted octanol–water partition coefficient (Wildman–Crippen LogP) is 2.12. The fourth-order valence-electron chi connectivity index (χ4n) is 2.36. The Labute approximate surface area is 129 Å². The molecule has 0 spiro atoms. The van der Waals surface area contributed by atoms with Gasteiger partial charge < -0.3 is 14.1 Å². The Hall–Kier alpha value is -2.02. The smallest absolute Gasteiger partial charge is 0.247 e. The number of hydrogen-bond acceptors (Lipinski definition) is 7. The maximum atomic E-state index is 5.77. The van der Waals surface area contributed by atoms with Crippen LogP contribution in [0.5, 0.6) is 0 Å². The number of hydrogen-bond donors (Lipinski definition) is 0. The normalized spacial score (nSPS) is 18.9. The summed E-state index contributed by atoms with van der Waals surface area (Å²) in [4.78, 5) is 11.1. The molecule has 0 bridgehead atoms. The molecule has 1 aliphatic rings. The Morgan fingerprint density at radius 3 is 2.95 bits per heavy atom. The zero-order valence-electron chi connectivity index (χ0n) is 13.2. The molecule has 0 aliphatic carbocycles. The van der Waals surface area contributed by atoms with Gasteiger partial charge in [0.2, 0.25) is 11.8 Å². The zero-order chi connectivity index (χ0) is 15.5. The number of rotatable bonds is 4. The van der Waals surface area contributed by atoms with E-state index in [0.717, 1.165) is 24.6 Å². The quantitative estimate of drug-likeness (QED) is 0.856. The predicted molar refractivity (Wildman–Crippen MR) is 80.7 cm³/mol. The molecule has 1 saturated heterocycles. The summed E-state index contributed by atoms with van der Waals surface area (Å²) in [5, 5.41) is 8.09. The minimum atomic E-state index is -0.209. The lowest BCUT2D eigenvalue weighted by molar-refractivity contribution is 0.0213. The fourth-order valence-corrected chi connectivity index (χ4v) is 2.36. The van der Waals surface area contributed by atoms with Gasteiger partial charge in [-0.3, -0.25) is 0 Å². The summed E-state index contributed by atoms with van der Waals surface area (Å²) in [5.41, 5.74) is 0. The minimum absolute atomic E-state index is 0.209. The number of morpholine rings is 1. The first-order valence-electron chi connectivity index (χ1n) is 7.69. The summed E-state index contributed by atoms with van der Waals surface area (Å²) in [6.45, 7) is 8.22. The van der Waals surface area contributed by atoms with E-state index in [2.05, 4.69) is 38.9 Å². The van der Waals surface area contributed by atoms with E-state index < -0.39 is 0 Å². The number of ether oxygens (including phenoxy) is 1. The van der Waals surface area contributed by atoms with Gasteiger partial charge in [-0.15, -0.1) is 10.2 Å². The summed E-state index contributed by atoms with van der Waals surface area (Å²) in [5.74, 6) is 3.26. The van der Waals surface area contributed by atoms with Crippen LogP contribution >= 0.6 is 0 Å². The van der Waals surface area contributed by atoms with Gasteiger partial charge in [-0.25, -0.2) is 9.97 Å². The summed E-state index contributed by atoms with van der Waals surface area (Å²) in [6, 6.07) is 1.93. The van der Waals surface area contributed by atoms with Crippen LogP contribution < -0.4 is 4.90 Å². The van der Waals surface area contributed by atoms with E-state index in [-0.39, 0.29) is 6.10 Å². The molecule has 3 heterocycles.